The first kappa shape index (κ1) is 19.2. The fourth-order valence-corrected chi connectivity index (χ4v) is 2.70. The van der Waals surface area contributed by atoms with Crippen molar-refractivity contribution in [2.24, 2.45) is 0 Å². The number of carbonyl (C=O) groups excluding carboxylic acids is 3. The van der Waals surface area contributed by atoms with Crippen LogP contribution in [0.5, 0.6) is 5.75 Å². The zero-order valence-electron chi connectivity index (χ0n) is 14.9. The molecule has 1 aliphatic heterocycles. The zero-order chi connectivity index (χ0) is 18.8. The Hall–Kier alpha value is -2.08. The van der Waals surface area contributed by atoms with Gasteiger partial charge in [-0.2, -0.15) is 0 Å². The molecule has 0 aromatic heterocycles. The summed E-state index contributed by atoms with van der Waals surface area (Å²) in [7, 11) is 0. The molecule has 1 aliphatic rings. The molecule has 0 saturated carbocycles. The molecule has 0 fully saturated rings. The number of anilines is 1. The van der Waals surface area contributed by atoms with Gasteiger partial charge in [0.2, 0.25) is 5.91 Å². The number of benzene rings is 1. The normalized spacial score (nSPS) is 16.7. The largest absolute Gasteiger partial charge is 0.476 e. The molecular weight excluding hydrogens is 344 g/mol. The smallest absolute Gasteiger partial charge is 0.271 e. The summed E-state index contributed by atoms with van der Waals surface area (Å²) in [5.41, 5.74) is -0.321. The Balaban J connectivity index is 2.38. The lowest BCUT2D eigenvalue weighted by molar-refractivity contribution is -0.134. The first-order valence-corrected chi connectivity index (χ1v) is 8.76. The van der Waals surface area contributed by atoms with Gasteiger partial charge in [-0.15, -0.1) is 11.6 Å². The van der Waals surface area contributed by atoms with Crippen LogP contribution in [0, 0.1) is 0 Å². The fourth-order valence-electron chi connectivity index (χ4n) is 2.54. The van der Waals surface area contributed by atoms with Gasteiger partial charge in [0.15, 0.2) is 11.4 Å². The number of hydrogen-bond acceptors (Lipinski definition) is 4. The molecular formula is C18H23ClN2O4. The molecule has 1 heterocycles. The molecule has 0 spiro atoms. The number of alkyl halides is 1. The fraction of sp³-hybridized carbons (Fsp3) is 0.500. The lowest BCUT2D eigenvalue weighted by Gasteiger charge is -2.38. The second-order valence-electron chi connectivity index (χ2n) is 6.62. The Labute approximate surface area is 152 Å². The maximum absolute atomic E-state index is 12.8. The molecule has 0 radical (unpaired) electrons. The van der Waals surface area contributed by atoms with E-state index in [1.807, 2.05) is 13.8 Å². The van der Waals surface area contributed by atoms with Crippen molar-refractivity contribution in [3.63, 3.8) is 0 Å². The highest BCUT2D eigenvalue weighted by molar-refractivity contribution is 6.30. The Kier molecular flexibility index (Phi) is 5.72. The molecule has 6 nitrogen and oxygen atoms in total. The number of halogens is 1. The van der Waals surface area contributed by atoms with Crippen molar-refractivity contribution in [3.05, 3.63) is 23.8 Å². The van der Waals surface area contributed by atoms with Crippen LogP contribution in [0.1, 0.15) is 44.5 Å². The van der Waals surface area contributed by atoms with E-state index < -0.39 is 5.60 Å². The van der Waals surface area contributed by atoms with Gasteiger partial charge in [-0.25, -0.2) is 0 Å². The monoisotopic (exact) mass is 366 g/mol. The van der Waals surface area contributed by atoms with Crippen LogP contribution in [-0.2, 0) is 9.59 Å². The van der Waals surface area contributed by atoms with Crippen LogP contribution in [-0.4, -0.2) is 41.7 Å². The van der Waals surface area contributed by atoms with Crippen molar-refractivity contribution >= 4 is 34.9 Å². The number of hydrogen-bond donors (Lipinski definition) is 1. The Morgan fingerprint density at radius 3 is 2.64 bits per heavy atom. The second-order valence-corrected chi connectivity index (χ2v) is 6.89. The quantitative estimate of drug-likeness (QED) is 0.620. The lowest BCUT2D eigenvalue weighted by Crippen LogP contribution is -2.55. The molecule has 25 heavy (non-hydrogen) atoms. The summed E-state index contributed by atoms with van der Waals surface area (Å²) in [6, 6.07) is 4.79. The van der Waals surface area contributed by atoms with E-state index in [0.717, 1.165) is 6.42 Å². The molecule has 1 N–H and O–H groups in total. The summed E-state index contributed by atoms with van der Waals surface area (Å²) in [5.74, 6) is -0.568. The van der Waals surface area contributed by atoms with Crippen molar-refractivity contribution in [2.45, 2.75) is 45.8 Å². The molecule has 1 unspecified atom stereocenters. The van der Waals surface area contributed by atoms with E-state index in [9.17, 15) is 14.4 Å². The molecule has 0 saturated heterocycles. The van der Waals surface area contributed by atoms with Gasteiger partial charge in [-0.1, -0.05) is 6.92 Å². The third-order valence-corrected chi connectivity index (χ3v) is 4.38. The number of nitrogens with one attached hydrogen (secondary N) is 1. The predicted molar refractivity (Wildman–Crippen MR) is 96.4 cm³/mol. The summed E-state index contributed by atoms with van der Waals surface area (Å²) in [6.45, 7) is 7.02. The van der Waals surface area contributed by atoms with E-state index >= 15 is 0 Å². The molecule has 1 aromatic rings. The lowest BCUT2D eigenvalue weighted by atomic mass is 10.0. The highest BCUT2D eigenvalue weighted by atomic mass is 35.5. The molecule has 2 amide bonds. The van der Waals surface area contributed by atoms with E-state index in [2.05, 4.69) is 5.32 Å². The maximum atomic E-state index is 12.8. The minimum Gasteiger partial charge on any atom is -0.476 e. The van der Waals surface area contributed by atoms with Gasteiger partial charge in [0.25, 0.3) is 5.91 Å². The van der Waals surface area contributed by atoms with Gasteiger partial charge in [-0.3, -0.25) is 19.3 Å². The minimum atomic E-state index is -1.10. The first-order chi connectivity index (χ1) is 11.7. The average Bonchev–Trinajstić information content (AvgIpc) is 2.57. The van der Waals surface area contributed by atoms with Gasteiger partial charge >= 0.3 is 0 Å². The van der Waals surface area contributed by atoms with Gasteiger partial charge < -0.3 is 10.1 Å². The number of Topliss-reactive ketones (excluding diaryl/α,β-unsaturated/α-hetero) is 1. The summed E-state index contributed by atoms with van der Waals surface area (Å²) < 4.78 is 5.75. The number of ether oxygens (including phenoxy) is 1. The summed E-state index contributed by atoms with van der Waals surface area (Å²) in [6.07, 6.45) is 0.791. The van der Waals surface area contributed by atoms with E-state index in [1.54, 1.807) is 32.0 Å². The Morgan fingerprint density at radius 1 is 1.36 bits per heavy atom. The van der Waals surface area contributed by atoms with Crippen molar-refractivity contribution in [1.29, 1.82) is 0 Å². The van der Waals surface area contributed by atoms with Crippen LogP contribution in [0.3, 0.4) is 0 Å². The van der Waals surface area contributed by atoms with Crippen molar-refractivity contribution in [2.75, 3.05) is 17.3 Å². The predicted octanol–water partition coefficient (Wildman–Crippen LogP) is 2.53. The minimum absolute atomic E-state index is 0.0142. The van der Waals surface area contributed by atoms with Crippen molar-refractivity contribution in [3.8, 4) is 5.75 Å². The standard InChI is InChI=1S/C18H23ClN2O4/c1-5-11(2)20-16(23)10-21-13-8-12(14(22)9-19)6-7-15(13)25-18(3,4)17(21)24/h6-8,11H,5,9-10H2,1-4H3,(H,20,23). The molecule has 1 atom stereocenters. The summed E-state index contributed by atoms with van der Waals surface area (Å²) in [4.78, 5) is 38.3. The SMILES string of the molecule is CCC(C)NC(=O)CN1C(=O)C(C)(C)Oc2ccc(C(=O)CCl)cc21. The molecule has 2 rings (SSSR count). The van der Waals surface area contributed by atoms with E-state index in [-0.39, 0.29) is 36.1 Å². The van der Waals surface area contributed by atoms with Gasteiger partial charge in [-0.05, 0) is 45.4 Å². The molecule has 0 bridgehead atoms. The number of amides is 2. The van der Waals surface area contributed by atoms with Crippen LogP contribution in [0.25, 0.3) is 0 Å². The zero-order valence-corrected chi connectivity index (χ0v) is 15.6. The Morgan fingerprint density at radius 2 is 2.04 bits per heavy atom. The van der Waals surface area contributed by atoms with Gasteiger partial charge in [0.05, 0.1) is 11.6 Å². The number of nitrogens with zero attached hydrogens (tertiary/aromatic N) is 1. The van der Waals surface area contributed by atoms with Gasteiger partial charge in [0.1, 0.15) is 12.3 Å². The van der Waals surface area contributed by atoms with Crippen LogP contribution in [0.15, 0.2) is 18.2 Å². The first-order valence-electron chi connectivity index (χ1n) is 8.23. The average molecular weight is 367 g/mol. The van der Waals surface area contributed by atoms with E-state index in [1.165, 1.54) is 4.90 Å². The van der Waals surface area contributed by atoms with Crippen LogP contribution < -0.4 is 15.0 Å². The summed E-state index contributed by atoms with van der Waals surface area (Å²) in [5, 5.41) is 2.84. The Bertz CT molecular complexity index is 702. The van der Waals surface area contributed by atoms with E-state index in [4.69, 9.17) is 16.3 Å². The second kappa shape index (κ2) is 7.44. The molecule has 7 heteroatoms. The number of ketones is 1. The molecule has 0 aliphatic carbocycles. The molecule has 136 valence electrons. The van der Waals surface area contributed by atoms with Crippen LogP contribution >= 0.6 is 11.6 Å². The van der Waals surface area contributed by atoms with Crippen LogP contribution in [0.4, 0.5) is 5.69 Å². The summed E-state index contributed by atoms with van der Waals surface area (Å²) >= 11 is 5.61. The van der Waals surface area contributed by atoms with Crippen molar-refractivity contribution < 1.29 is 19.1 Å². The third kappa shape index (κ3) is 4.12. The molecule has 1 aromatic carbocycles. The highest BCUT2D eigenvalue weighted by Crippen LogP contribution is 2.38. The highest BCUT2D eigenvalue weighted by Gasteiger charge is 2.41. The number of rotatable bonds is 6. The van der Waals surface area contributed by atoms with Gasteiger partial charge in [0, 0.05) is 11.6 Å². The topological polar surface area (TPSA) is 75.7 Å². The van der Waals surface area contributed by atoms with Crippen LogP contribution in [0.2, 0.25) is 0 Å². The van der Waals surface area contributed by atoms with Crippen molar-refractivity contribution in [1.82, 2.24) is 5.32 Å². The number of fused-ring (bicyclic) bond motifs is 1. The maximum Gasteiger partial charge on any atom is 0.271 e. The van der Waals surface area contributed by atoms with E-state index in [0.29, 0.717) is 17.0 Å². The number of carbonyl (C=O) groups is 3. The third-order valence-electron chi connectivity index (χ3n) is 4.14.